The van der Waals surface area contributed by atoms with E-state index in [1.165, 1.54) is 10.9 Å². The molecule has 1 aromatic heterocycles. The monoisotopic (exact) mass is 290 g/mol. The van der Waals surface area contributed by atoms with Crippen molar-refractivity contribution in [3.63, 3.8) is 0 Å². The van der Waals surface area contributed by atoms with Crippen molar-refractivity contribution < 1.29 is 14.2 Å². The molecule has 0 spiro atoms. The zero-order valence-corrected chi connectivity index (χ0v) is 12.6. The molecule has 0 aliphatic carbocycles. The third-order valence-corrected chi connectivity index (χ3v) is 4.07. The zero-order chi connectivity index (χ0) is 14.7. The highest BCUT2D eigenvalue weighted by Gasteiger charge is 2.13. The van der Waals surface area contributed by atoms with E-state index in [0.717, 1.165) is 56.3 Å². The van der Waals surface area contributed by atoms with E-state index in [2.05, 4.69) is 22.1 Å². The van der Waals surface area contributed by atoms with Crippen molar-refractivity contribution in [2.45, 2.75) is 6.42 Å². The molecule has 114 valence electrons. The number of morpholine rings is 1. The third-order valence-electron chi connectivity index (χ3n) is 4.07. The van der Waals surface area contributed by atoms with Gasteiger partial charge in [-0.2, -0.15) is 0 Å². The van der Waals surface area contributed by atoms with Gasteiger partial charge in [-0.1, -0.05) is 0 Å². The van der Waals surface area contributed by atoms with Crippen LogP contribution in [-0.2, 0) is 11.2 Å². The quantitative estimate of drug-likeness (QED) is 0.915. The van der Waals surface area contributed by atoms with Crippen LogP contribution in [0.3, 0.4) is 0 Å². The Morgan fingerprint density at radius 2 is 1.86 bits per heavy atom. The molecule has 1 saturated heterocycles. The van der Waals surface area contributed by atoms with Crippen molar-refractivity contribution in [1.29, 1.82) is 0 Å². The first kappa shape index (κ1) is 14.2. The van der Waals surface area contributed by atoms with Crippen LogP contribution in [0.15, 0.2) is 18.3 Å². The first-order chi connectivity index (χ1) is 10.3. The summed E-state index contributed by atoms with van der Waals surface area (Å²) in [6.07, 6.45) is 3.11. The Hall–Kier alpha value is -1.72. The van der Waals surface area contributed by atoms with Gasteiger partial charge in [0.15, 0.2) is 11.5 Å². The summed E-state index contributed by atoms with van der Waals surface area (Å²) < 4.78 is 16.1. The maximum atomic E-state index is 5.40. The van der Waals surface area contributed by atoms with Crippen LogP contribution in [-0.4, -0.2) is 57.0 Å². The van der Waals surface area contributed by atoms with E-state index < -0.39 is 0 Å². The fourth-order valence-corrected chi connectivity index (χ4v) is 2.82. The van der Waals surface area contributed by atoms with Gasteiger partial charge in [-0.25, -0.2) is 0 Å². The van der Waals surface area contributed by atoms with Crippen molar-refractivity contribution in [2.75, 3.05) is 47.1 Å². The van der Waals surface area contributed by atoms with E-state index in [9.17, 15) is 0 Å². The number of aromatic amines is 1. The van der Waals surface area contributed by atoms with E-state index in [4.69, 9.17) is 14.2 Å². The molecule has 21 heavy (non-hydrogen) atoms. The Balaban J connectivity index is 1.78. The Bertz CT molecular complexity index is 603. The molecule has 1 N–H and O–H groups in total. The number of rotatable bonds is 5. The third kappa shape index (κ3) is 2.99. The van der Waals surface area contributed by atoms with Crippen LogP contribution in [0.1, 0.15) is 5.56 Å². The highest BCUT2D eigenvalue weighted by molar-refractivity contribution is 5.86. The molecule has 0 atom stereocenters. The van der Waals surface area contributed by atoms with Gasteiger partial charge in [0, 0.05) is 42.8 Å². The van der Waals surface area contributed by atoms with E-state index in [-0.39, 0.29) is 0 Å². The van der Waals surface area contributed by atoms with Gasteiger partial charge >= 0.3 is 0 Å². The first-order valence-electron chi connectivity index (χ1n) is 7.34. The summed E-state index contributed by atoms with van der Waals surface area (Å²) in [5.74, 6) is 1.53. The topological polar surface area (TPSA) is 46.7 Å². The van der Waals surface area contributed by atoms with Crippen LogP contribution in [0.5, 0.6) is 11.5 Å². The minimum absolute atomic E-state index is 0.756. The summed E-state index contributed by atoms with van der Waals surface area (Å²) in [7, 11) is 3.33. The van der Waals surface area contributed by atoms with Crippen LogP contribution in [0, 0.1) is 0 Å². The van der Waals surface area contributed by atoms with E-state index in [1.54, 1.807) is 14.2 Å². The average molecular weight is 290 g/mol. The molecule has 0 unspecified atom stereocenters. The molecular formula is C16H22N2O3. The molecule has 1 aromatic carbocycles. The molecule has 1 fully saturated rings. The number of hydrogen-bond donors (Lipinski definition) is 1. The lowest BCUT2D eigenvalue weighted by Crippen LogP contribution is -2.37. The molecule has 2 heterocycles. The Morgan fingerprint density at radius 1 is 1.14 bits per heavy atom. The Morgan fingerprint density at radius 3 is 2.57 bits per heavy atom. The molecule has 0 bridgehead atoms. The normalized spacial score (nSPS) is 16.3. The van der Waals surface area contributed by atoms with E-state index in [1.807, 2.05) is 6.07 Å². The summed E-state index contributed by atoms with van der Waals surface area (Å²) in [6, 6.07) is 4.05. The van der Waals surface area contributed by atoms with Gasteiger partial charge in [-0.3, -0.25) is 4.90 Å². The second-order valence-electron chi connectivity index (χ2n) is 5.27. The second kappa shape index (κ2) is 6.37. The van der Waals surface area contributed by atoms with Crippen LogP contribution >= 0.6 is 0 Å². The van der Waals surface area contributed by atoms with Gasteiger partial charge in [-0.15, -0.1) is 0 Å². The first-order valence-corrected chi connectivity index (χ1v) is 7.34. The molecule has 5 heteroatoms. The molecule has 2 aromatic rings. The minimum Gasteiger partial charge on any atom is -0.493 e. The van der Waals surface area contributed by atoms with E-state index in [0.29, 0.717) is 0 Å². The second-order valence-corrected chi connectivity index (χ2v) is 5.27. The van der Waals surface area contributed by atoms with Gasteiger partial charge in [0.05, 0.1) is 27.4 Å². The van der Waals surface area contributed by atoms with Crippen molar-refractivity contribution in [1.82, 2.24) is 9.88 Å². The zero-order valence-electron chi connectivity index (χ0n) is 12.6. The number of methoxy groups -OCH3 is 2. The molecular weight excluding hydrogens is 268 g/mol. The number of nitrogens with one attached hydrogen (secondary N) is 1. The van der Waals surface area contributed by atoms with Gasteiger partial charge < -0.3 is 19.2 Å². The fraction of sp³-hybridized carbons (Fsp3) is 0.500. The number of nitrogens with zero attached hydrogens (tertiary/aromatic N) is 1. The number of fused-ring (bicyclic) bond motifs is 1. The summed E-state index contributed by atoms with van der Waals surface area (Å²) in [5.41, 5.74) is 2.40. The molecule has 0 radical (unpaired) electrons. The van der Waals surface area contributed by atoms with Gasteiger partial charge in [0.1, 0.15) is 0 Å². The van der Waals surface area contributed by atoms with Gasteiger partial charge in [-0.05, 0) is 18.1 Å². The van der Waals surface area contributed by atoms with Crippen LogP contribution in [0.4, 0.5) is 0 Å². The van der Waals surface area contributed by atoms with Crippen molar-refractivity contribution in [3.05, 3.63) is 23.9 Å². The Labute approximate surface area is 124 Å². The van der Waals surface area contributed by atoms with Crippen molar-refractivity contribution >= 4 is 10.9 Å². The predicted octanol–water partition coefficient (Wildman–Crippen LogP) is 2.06. The smallest absolute Gasteiger partial charge is 0.162 e. The molecule has 5 nitrogen and oxygen atoms in total. The summed E-state index contributed by atoms with van der Waals surface area (Å²) in [4.78, 5) is 5.77. The molecule has 0 amide bonds. The lowest BCUT2D eigenvalue weighted by atomic mass is 10.1. The summed E-state index contributed by atoms with van der Waals surface area (Å²) >= 11 is 0. The largest absolute Gasteiger partial charge is 0.493 e. The molecule has 1 aliphatic heterocycles. The number of H-pyrrole nitrogens is 1. The number of benzene rings is 1. The molecule has 3 rings (SSSR count). The standard InChI is InChI=1S/C16H22N2O3/c1-19-15-9-13-12(3-4-18-5-7-21-8-6-18)11-17-14(13)10-16(15)20-2/h9-11,17H,3-8H2,1-2H3. The maximum absolute atomic E-state index is 5.40. The number of aromatic nitrogens is 1. The lowest BCUT2D eigenvalue weighted by molar-refractivity contribution is 0.0385. The van der Waals surface area contributed by atoms with Crippen molar-refractivity contribution in [3.8, 4) is 11.5 Å². The SMILES string of the molecule is COc1cc2[nH]cc(CCN3CCOCC3)c2cc1OC. The molecule has 0 saturated carbocycles. The van der Waals surface area contributed by atoms with E-state index >= 15 is 0 Å². The number of hydrogen-bond acceptors (Lipinski definition) is 4. The average Bonchev–Trinajstić information content (AvgIpc) is 2.94. The highest BCUT2D eigenvalue weighted by atomic mass is 16.5. The summed E-state index contributed by atoms with van der Waals surface area (Å²) in [6.45, 7) is 4.81. The lowest BCUT2D eigenvalue weighted by Gasteiger charge is -2.26. The summed E-state index contributed by atoms with van der Waals surface area (Å²) in [5, 5.41) is 1.21. The van der Waals surface area contributed by atoms with Crippen LogP contribution in [0.2, 0.25) is 0 Å². The highest BCUT2D eigenvalue weighted by Crippen LogP contribution is 2.33. The predicted molar refractivity (Wildman–Crippen MR) is 82.4 cm³/mol. The maximum Gasteiger partial charge on any atom is 0.162 e. The minimum atomic E-state index is 0.756. The number of ether oxygens (including phenoxy) is 3. The van der Waals surface area contributed by atoms with Crippen molar-refractivity contribution in [2.24, 2.45) is 0 Å². The van der Waals surface area contributed by atoms with Gasteiger partial charge in [0.2, 0.25) is 0 Å². The fourth-order valence-electron chi connectivity index (χ4n) is 2.82. The Kier molecular flexibility index (Phi) is 4.31. The van der Waals surface area contributed by atoms with Gasteiger partial charge in [0.25, 0.3) is 0 Å². The van der Waals surface area contributed by atoms with Crippen LogP contribution in [0.25, 0.3) is 10.9 Å². The molecule has 1 aliphatic rings. The van der Waals surface area contributed by atoms with Crippen LogP contribution < -0.4 is 9.47 Å².